The number of rotatable bonds is 2. The van der Waals surface area contributed by atoms with Crippen LogP contribution in [0.5, 0.6) is 23.0 Å². The van der Waals surface area contributed by atoms with Crippen LogP contribution in [0.1, 0.15) is 87.7 Å². The van der Waals surface area contributed by atoms with E-state index in [1.165, 1.54) is 11.1 Å². The van der Waals surface area contributed by atoms with Gasteiger partial charge in [0.15, 0.2) is 11.8 Å². The summed E-state index contributed by atoms with van der Waals surface area (Å²) in [6.07, 6.45) is 3.11. The van der Waals surface area contributed by atoms with Gasteiger partial charge in [-0.15, -0.1) is 0 Å². The zero-order valence-electron chi connectivity index (χ0n) is 30.8. The molecule has 2 atom stereocenters. The van der Waals surface area contributed by atoms with Crippen molar-refractivity contribution in [3.8, 4) is 23.0 Å². The van der Waals surface area contributed by atoms with E-state index in [-0.39, 0.29) is 17.5 Å². The first kappa shape index (κ1) is 35.4. The topological polar surface area (TPSA) is 80.1 Å². The molecule has 0 radical (unpaired) electrons. The summed E-state index contributed by atoms with van der Waals surface area (Å²) in [4.78, 5) is 10.2. The van der Waals surface area contributed by atoms with E-state index in [9.17, 15) is 0 Å². The van der Waals surface area contributed by atoms with Gasteiger partial charge in [0, 0.05) is 18.3 Å². The molecule has 0 saturated heterocycles. The van der Waals surface area contributed by atoms with Crippen LogP contribution in [0.25, 0.3) is 0 Å². The van der Waals surface area contributed by atoms with Gasteiger partial charge >= 0.3 is 0 Å². The molecule has 4 aromatic carbocycles. The molecule has 0 amide bonds. The number of fused-ring (bicyclic) bond motifs is 4. The molecule has 0 aliphatic carbocycles. The van der Waals surface area contributed by atoms with Gasteiger partial charge in [-0.1, -0.05) is 76.2 Å². The molecule has 8 heteroatoms. The predicted molar refractivity (Wildman–Crippen MR) is 204 cm³/mol. The molecule has 7 aliphatic heterocycles. The molecular weight excluding hydrogens is 652 g/mol. The number of ether oxygens (including phenoxy) is 6. The molecule has 0 aromatic heterocycles. The summed E-state index contributed by atoms with van der Waals surface area (Å²) >= 11 is 0. The average Bonchev–Trinajstić information content (AvgIpc) is 3.88. The van der Waals surface area contributed by atoms with Crippen LogP contribution in [0.15, 0.2) is 107 Å². The van der Waals surface area contributed by atoms with Gasteiger partial charge in [-0.3, -0.25) is 0 Å². The van der Waals surface area contributed by atoms with Crippen molar-refractivity contribution in [1.82, 2.24) is 0 Å². The second-order valence-electron chi connectivity index (χ2n) is 14.2. The summed E-state index contributed by atoms with van der Waals surface area (Å²) in [7, 11) is 0. The predicted octanol–water partition coefficient (Wildman–Crippen LogP) is 9.47. The Morgan fingerprint density at radius 3 is 1.13 bits per heavy atom. The van der Waals surface area contributed by atoms with E-state index in [1.54, 1.807) is 0 Å². The first-order valence-electron chi connectivity index (χ1n) is 18.7. The molecule has 8 nitrogen and oxygen atoms in total. The molecule has 7 heterocycles. The molecule has 7 aliphatic rings. The fraction of sp³-hybridized carbons (Fsp3) is 0.409. The minimum atomic E-state index is -0.503. The summed E-state index contributed by atoms with van der Waals surface area (Å²) in [5, 5.41) is 0. The Morgan fingerprint density at radius 1 is 0.481 bits per heavy atom. The lowest BCUT2D eigenvalue weighted by molar-refractivity contribution is 0.244. The monoisotopic (exact) mass is 702 g/mol. The van der Waals surface area contributed by atoms with Crippen molar-refractivity contribution in [2.75, 3.05) is 39.6 Å². The summed E-state index contributed by atoms with van der Waals surface area (Å²) in [6.45, 7) is 12.0. The first-order chi connectivity index (χ1) is 25.4. The molecule has 0 spiro atoms. The van der Waals surface area contributed by atoms with Crippen molar-refractivity contribution >= 4 is 11.8 Å². The Bertz CT molecular complexity index is 1700. The SMILES string of the molecule is CCC1(CC)C2=N[C@@H](CO2)c2ccc(cc2)OCCCOc2ccc(cc2)C(C)(C)c2ccc(cc2)OCCCOc2ccc(cc2)[C@@H]2COC1=N2. The van der Waals surface area contributed by atoms with Crippen molar-refractivity contribution in [1.29, 1.82) is 0 Å². The maximum atomic E-state index is 6.31. The zero-order valence-corrected chi connectivity index (χ0v) is 30.8. The van der Waals surface area contributed by atoms with Crippen LogP contribution < -0.4 is 18.9 Å². The Balaban J connectivity index is 1.08. The van der Waals surface area contributed by atoms with Crippen LogP contribution in [0, 0.1) is 5.41 Å². The third kappa shape index (κ3) is 7.62. The van der Waals surface area contributed by atoms with Crippen LogP contribution >= 0.6 is 0 Å². The van der Waals surface area contributed by atoms with E-state index in [2.05, 4.69) is 76.2 Å². The fourth-order valence-corrected chi connectivity index (χ4v) is 7.11. The van der Waals surface area contributed by atoms with Gasteiger partial charge in [0.1, 0.15) is 53.7 Å². The molecular formula is C44H50N2O6. The van der Waals surface area contributed by atoms with E-state index in [4.69, 9.17) is 38.4 Å². The number of aliphatic imine (C=N–C) groups is 2. The van der Waals surface area contributed by atoms with Gasteiger partial charge in [-0.05, 0) is 83.6 Å². The smallest absolute Gasteiger partial charge is 0.199 e. The second kappa shape index (κ2) is 15.7. The highest BCUT2D eigenvalue weighted by Gasteiger charge is 2.46. The molecule has 4 aromatic rings. The van der Waals surface area contributed by atoms with E-state index in [0.29, 0.717) is 51.4 Å². The third-order valence-electron chi connectivity index (χ3n) is 10.7. The standard InChI is InChI=1S/C44H50N2O6/c1-5-44(6-2)41-45-39(29-51-41)31-9-17-35(18-10-31)47-25-7-27-49-37-21-13-33(14-22-37)43(3,4)34-15-23-38(24-16-34)50-28-8-26-48-36-19-11-32(12-20-36)40-30-52-42(44)46-40/h9-24,39-40H,5-8,25-30H2,1-4H3/t39-,40-/m0/s1. The molecule has 0 saturated carbocycles. The number of benzene rings is 4. The Hall–Kier alpha value is -4.98. The van der Waals surface area contributed by atoms with E-state index >= 15 is 0 Å². The molecule has 0 unspecified atom stereocenters. The molecule has 272 valence electrons. The minimum Gasteiger partial charge on any atom is -0.493 e. The highest BCUT2D eigenvalue weighted by Crippen LogP contribution is 2.41. The van der Waals surface area contributed by atoms with Gasteiger partial charge < -0.3 is 28.4 Å². The average molecular weight is 703 g/mol. The molecule has 52 heavy (non-hydrogen) atoms. The van der Waals surface area contributed by atoms with Crippen molar-refractivity contribution in [3.63, 3.8) is 0 Å². The Labute approximate surface area is 307 Å². The number of hydrogen-bond acceptors (Lipinski definition) is 8. The molecule has 12 bridgehead atoms. The number of nitrogens with zero attached hydrogens (tertiary/aromatic N) is 2. The largest absolute Gasteiger partial charge is 0.493 e. The lowest BCUT2D eigenvalue weighted by Crippen LogP contribution is -2.39. The lowest BCUT2D eigenvalue weighted by Gasteiger charge is -2.29. The summed E-state index contributed by atoms with van der Waals surface area (Å²) < 4.78 is 36.8. The first-order valence-corrected chi connectivity index (χ1v) is 18.7. The molecule has 0 N–H and O–H groups in total. The second-order valence-corrected chi connectivity index (χ2v) is 14.2. The van der Waals surface area contributed by atoms with E-state index in [1.807, 2.05) is 48.5 Å². The van der Waals surface area contributed by atoms with Crippen molar-refractivity contribution in [2.45, 2.75) is 70.9 Å². The van der Waals surface area contributed by atoms with Crippen LogP contribution in [0.2, 0.25) is 0 Å². The zero-order chi connectivity index (χ0) is 36.0. The maximum Gasteiger partial charge on any atom is 0.199 e. The van der Waals surface area contributed by atoms with Crippen molar-refractivity contribution < 1.29 is 28.4 Å². The van der Waals surface area contributed by atoms with Crippen molar-refractivity contribution in [2.24, 2.45) is 15.4 Å². The Kier molecular flexibility index (Phi) is 10.7. The summed E-state index contributed by atoms with van der Waals surface area (Å²) in [6, 6.07) is 33.0. The fourth-order valence-electron chi connectivity index (χ4n) is 7.11. The lowest BCUT2D eigenvalue weighted by atomic mass is 9.78. The third-order valence-corrected chi connectivity index (χ3v) is 10.7. The highest BCUT2D eigenvalue weighted by atomic mass is 16.5. The van der Waals surface area contributed by atoms with Crippen LogP contribution in [0.4, 0.5) is 0 Å². The van der Waals surface area contributed by atoms with Gasteiger partial charge in [0.2, 0.25) is 0 Å². The van der Waals surface area contributed by atoms with Gasteiger partial charge in [-0.25, -0.2) is 9.98 Å². The van der Waals surface area contributed by atoms with Gasteiger partial charge in [-0.2, -0.15) is 0 Å². The normalized spacial score (nSPS) is 21.3. The van der Waals surface area contributed by atoms with E-state index < -0.39 is 5.41 Å². The maximum absolute atomic E-state index is 6.31. The van der Waals surface area contributed by atoms with Gasteiger partial charge in [0.25, 0.3) is 0 Å². The van der Waals surface area contributed by atoms with Crippen LogP contribution in [0.3, 0.4) is 0 Å². The van der Waals surface area contributed by atoms with E-state index in [0.717, 1.165) is 59.8 Å². The molecule has 11 rings (SSSR count). The summed E-state index contributed by atoms with van der Waals surface area (Å²) in [5.74, 6) is 4.78. The molecule has 0 fully saturated rings. The van der Waals surface area contributed by atoms with Crippen LogP contribution in [-0.4, -0.2) is 51.4 Å². The van der Waals surface area contributed by atoms with Crippen molar-refractivity contribution in [3.05, 3.63) is 119 Å². The van der Waals surface area contributed by atoms with Crippen LogP contribution in [-0.2, 0) is 14.9 Å². The summed E-state index contributed by atoms with van der Waals surface area (Å²) in [5.41, 5.74) is 3.95. The van der Waals surface area contributed by atoms with Gasteiger partial charge in [0.05, 0.1) is 26.4 Å². The quantitative estimate of drug-likeness (QED) is 0.207. The highest BCUT2D eigenvalue weighted by molar-refractivity contribution is 6.06. The Morgan fingerprint density at radius 2 is 0.808 bits per heavy atom. The minimum absolute atomic E-state index is 0.0907. The number of hydrogen-bond donors (Lipinski definition) is 0.